The van der Waals surface area contributed by atoms with E-state index in [-0.39, 0.29) is 0 Å². The zero-order valence-electron chi connectivity index (χ0n) is 16.1. The Bertz CT molecular complexity index is 951. The lowest BCUT2D eigenvalue weighted by Gasteiger charge is -2.13. The Kier molecular flexibility index (Phi) is 6.55. The Morgan fingerprint density at radius 1 is 1.14 bits per heavy atom. The average molecular weight is 399 g/mol. The van der Waals surface area contributed by atoms with Crippen LogP contribution in [0.15, 0.2) is 58.1 Å². The number of benzene rings is 2. The maximum atomic E-state index is 6.00. The quantitative estimate of drug-likeness (QED) is 0.481. The lowest BCUT2D eigenvalue weighted by molar-refractivity contribution is 0.409. The third-order valence-electron chi connectivity index (χ3n) is 4.21. The molecule has 28 heavy (non-hydrogen) atoms. The van der Waals surface area contributed by atoms with Crippen molar-refractivity contribution in [3.05, 3.63) is 70.6 Å². The van der Waals surface area contributed by atoms with Gasteiger partial charge in [-0.25, -0.2) is 4.98 Å². The number of guanidine groups is 1. The molecule has 0 atom stereocenters. The van der Waals surface area contributed by atoms with Gasteiger partial charge in [-0.2, -0.15) is 0 Å². The SMILES string of the molecule is CN=C(NCc1coc(-c2ccc(C)cc2)n1)NCc1ccc(Cl)cc1OC. The van der Waals surface area contributed by atoms with Gasteiger partial charge in [0, 0.05) is 29.7 Å². The molecule has 7 heteroatoms. The number of hydrogen-bond donors (Lipinski definition) is 2. The molecule has 0 aliphatic carbocycles. The summed E-state index contributed by atoms with van der Waals surface area (Å²) in [5.41, 5.74) is 3.93. The van der Waals surface area contributed by atoms with Crippen LogP contribution in [0.2, 0.25) is 5.02 Å². The molecule has 0 bridgehead atoms. The van der Waals surface area contributed by atoms with Crippen LogP contribution in [-0.4, -0.2) is 25.1 Å². The first-order valence-electron chi connectivity index (χ1n) is 8.87. The number of hydrogen-bond acceptors (Lipinski definition) is 4. The van der Waals surface area contributed by atoms with Gasteiger partial charge in [0.2, 0.25) is 5.89 Å². The fraction of sp³-hybridized carbons (Fsp3) is 0.238. The summed E-state index contributed by atoms with van der Waals surface area (Å²) in [6.07, 6.45) is 1.65. The Morgan fingerprint density at radius 3 is 2.61 bits per heavy atom. The molecule has 3 rings (SSSR count). The van der Waals surface area contributed by atoms with E-state index in [9.17, 15) is 0 Å². The van der Waals surface area contributed by atoms with E-state index in [0.717, 1.165) is 22.6 Å². The summed E-state index contributed by atoms with van der Waals surface area (Å²) in [5.74, 6) is 1.98. The van der Waals surface area contributed by atoms with Gasteiger partial charge >= 0.3 is 0 Å². The van der Waals surface area contributed by atoms with Crippen molar-refractivity contribution in [2.75, 3.05) is 14.2 Å². The molecule has 0 amide bonds. The van der Waals surface area contributed by atoms with E-state index < -0.39 is 0 Å². The zero-order valence-corrected chi connectivity index (χ0v) is 16.9. The first-order valence-corrected chi connectivity index (χ1v) is 9.25. The lowest BCUT2D eigenvalue weighted by atomic mass is 10.1. The Morgan fingerprint density at radius 2 is 1.89 bits per heavy atom. The highest BCUT2D eigenvalue weighted by molar-refractivity contribution is 6.30. The van der Waals surface area contributed by atoms with E-state index in [1.54, 1.807) is 26.5 Å². The molecule has 0 fully saturated rings. The Labute approximate surface area is 169 Å². The van der Waals surface area contributed by atoms with Gasteiger partial charge in [-0.3, -0.25) is 4.99 Å². The van der Waals surface area contributed by atoms with Crippen molar-refractivity contribution >= 4 is 17.6 Å². The van der Waals surface area contributed by atoms with E-state index in [1.165, 1.54) is 5.56 Å². The van der Waals surface area contributed by atoms with Crippen molar-refractivity contribution in [1.82, 2.24) is 15.6 Å². The van der Waals surface area contributed by atoms with E-state index in [0.29, 0.717) is 30.0 Å². The number of halogens is 1. The molecule has 0 saturated carbocycles. The molecule has 146 valence electrons. The van der Waals surface area contributed by atoms with Crippen molar-refractivity contribution in [3.8, 4) is 17.2 Å². The summed E-state index contributed by atoms with van der Waals surface area (Å²) in [6, 6.07) is 13.6. The van der Waals surface area contributed by atoms with Crippen LogP contribution in [0.1, 0.15) is 16.8 Å². The van der Waals surface area contributed by atoms with E-state index in [2.05, 4.69) is 20.6 Å². The molecule has 0 saturated heterocycles. The van der Waals surface area contributed by atoms with Crippen molar-refractivity contribution < 1.29 is 9.15 Å². The molecule has 2 N–H and O–H groups in total. The highest BCUT2D eigenvalue weighted by Crippen LogP contribution is 2.23. The van der Waals surface area contributed by atoms with Crippen LogP contribution in [0.4, 0.5) is 0 Å². The number of aryl methyl sites for hydroxylation is 1. The fourth-order valence-corrected chi connectivity index (χ4v) is 2.82. The molecule has 0 aliphatic heterocycles. The van der Waals surface area contributed by atoms with Gasteiger partial charge in [-0.15, -0.1) is 0 Å². The molecule has 3 aromatic rings. The predicted molar refractivity (Wildman–Crippen MR) is 112 cm³/mol. The van der Waals surface area contributed by atoms with E-state index >= 15 is 0 Å². The second kappa shape index (κ2) is 9.28. The lowest BCUT2D eigenvalue weighted by Crippen LogP contribution is -2.36. The highest BCUT2D eigenvalue weighted by atomic mass is 35.5. The minimum atomic E-state index is 0.493. The molecular formula is C21H23ClN4O2. The van der Waals surface area contributed by atoms with Crippen LogP contribution in [-0.2, 0) is 13.1 Å². The average Bonchev–Trinajstić information content (AvgIpc) is 3.18. The normalized spacial score (nSPS) is 11.4. The summed E-state index contributed by atoms with van der Waals surface area (Å²) in [4.78, 5) is 8.76. The van der Waals surface area contributed by atoms with Gasteiger partial charge in [-0.05, 0) is 31.2 Å². The number of aliphatic imine (C=N–C) groups is 1. The minimum Gasteiger partial charge on any atom is -0.496 e. The topological polar surface area (TPSA) is 71.7 Å². The molecule has 1 heterocycles. The number of rotatable bonds is 6. The van der Waals surface area contributed by atoms with Gasteiger partial charge in [0.25, 0.3) is 0 Å². The van der Waals surface area contributed by atoms with E-state index in [1.807, 2.05) is 43.3 Å². The molecule has 6 nitrogen and oxygen atoms in total. The third kappa shape index (κ3) is 5.04. The Balaban J connectivity index is 1.57. The number of aromatic nitrogens is 1. The number of nitrogens with zero attached hydrogens (tertiary/aromatic N) is 2. The minimum absolute atomic E-state index is 0.493. The van der Waals surface area contributed by atoms with Gasteiger partial charge in [0.05, 0.1) is 19.3 Å². The summed E-state index contributed by atoms with van der Waals surface area (Å²) in [7, 11) is 3.34. The van der Waals surface area contributed by atoms with Gasteiger partial charge in [0.1, 0.15) is 12.0 Å². The van der Waals surface area contributed by atoms with Gasteiger partial charge < -0.3 is 19.8 Å². The first-order chi connectivity index (χ1) is 13.6. The second-order valence-electron chi connectivity index (χ2n) is 6.25. The largest absolute Gasteiger partial charge is 0.496 e. The van der Waals surface area contributed by atoms with Crippen molar-refractivity contribution in [2.45, 2.75) is 20.0 Å². The smallest absolute Gasteiger partial charge is 0.226 e. The number of oxazole rings is 1. The van der Waals surface area contributed by atoms with Crippen LogP contribution in [0, 0.1) is 6.92 Å². The fourth-order valence-electron chi connectivity index (χ4n) is 2.66. The van der Waals surface area contributed by atoms with Crippen molar-refractivity contribution in [3.63, 3.8) is 0 Å². The van der Waals surface area contributed by atoms with Crippen LogP contribution in [0.3, 0.4) is 0 Å². The molecule has 0 unspecified atom stereocenters. The summed E-state index contributed by atoms with van der Waals surface area (Å²) in [5, 5.41) is 7.12. The van der Waals surface area contributed by atoms with E-state index in [4.69, 9.17) is 20.8 Å². The first kappa shape index (κ1) is 19.8. The van der Waals surface area contributed by atoms with Crippen LogP contribution in [0.25, 0.3) is 11.5 Å². The summed E-state index contributed by atoms with van der Waals surface area (Å²) < 4.78 is 11.0. The molecular weight excluding hydrogens is 376 g/mol. The molecule has 0 radical (unpaired) electrons. The maximum absolute atomic E-state index is 6.00. The Hall–Kier alpha value is -2.99. The van der Waals surface area contributed by atoms with Crippen LogP contribution < -0.4 is 15.4 Å². The molecule has 2 aromatic carbocycles. The second-order valence-corrected chi connectivity index (χ2v) is 6.68. The molecule has 0 aliphatic rings. The van der Waals surface area contributed by atoms with Crippen molar-refractivity contribution in [2.24, 2.45) is 4.99 Å². The number of nitrogens with one attached hydrogen (secondary N) is 2. The predicted octanol–water partition coefficient (Wildman–Crippen LogP) is 4.18. The van der Waals surface area contributed by atoms with Crippen LogP contribution >= 0.6 is 11.6 Å². The number of methoxy groups -OCH3 is 1. The summed E-state index contributed by atoms with van der Waals surface area (Å²) >= 11 is 6.00. The van der Waals surface area contributed by atoms with Crippen molar-refractivity contribution in [1.29, 1.82) is 0 Å². The summed E-state index contributed by atoms with van der Waals surface area (Å²) in [6.45, 7) is 3.09. The molecule has 1 aromatic heterocycles. The monoisotopic (exact) mass is 398 g/mol. The standard InChI is InChI=1S/C21H23ClN4O2/c1-14-4-6-15(7-5-14)20-26-18(13-28-20)12-25-21(23-2)24-11-16-8-9-17(22)10-19(16)27-3/h4-10,13H,11-12H2,1-3H3,(H2,23,24,25). The van der Waals surface area contributed by atoms with Gasteiger partial charge in [-0.1, -0.05) is 35.4 Å². The third-order valence-corrected chi connectivity index (χ3v) is 4.44. The van der Waals surface area contributed by atoms with Gasteiger partial charge in [0.15, 0.2) is 5.96 Å². The maximum Gasteiger partial charge on any atom is 0.226 e. The number of ether oxygens (including phenoxy) is 1. The molecule has 0 spiro atoms. The highest BCUT2D eigenvalue weighted by Gasteiger charge is 2.08. The zero-order chi connectivity index (χ0) is 19.9. The van der Waals surface area contributed by atoms with Crippen LogP contribution in [0.5, 0.6) is 5.75 Å².